The molecule has 0 unspecified atom stereocenters. The molecule has 1 aromatic heterocycles. The number of aromatic nitrogens is 1. The summed E-state index contributed by atoms with van der Waals surface area (Å²) >= 11 is 1.37. The fraction of sp³-hybridized carbons (Fsp3) is 0.0588. The van der Waals surface area contributed by atoms with Crippen LogP contribution in [-0.2, 0) is 11.2 Å². The quantitative estimate of drug-likeness (QED) is 0.552. The summed E-state index contributed by atoms with van der Waals surface area (Å²) in [5.41, 5.74) is 1.82. The Morgan fingerprint density at radius 1 is 1.16 bits per heavy atom. The Kier molecular flexibility index (Phi) is 4.80. The van der Waals surface area contributed by atoms with Gasteiger partial charge in [-0.05, 0) is 36.4 Å². The molecule has 0 spiro atoms. The topological polar surface area (TPSA) is 85.1 Å². The number of nitrogens with one attached hydrogen (secondary N) is 1. The molecule has 3 aromatic rings. The normalized spacial score (nSPS) is 10.4. The maximum absolute atomic E-state index is 12.9. The molecule has 6 nitrogen and oxygen atoms in total. The van der Waals surface area contributed by atoms with Gasteiger partial charge in [0, 0.05) is 28.8 Å². The molecule has 1 N–H and O–H groups in total. The first-order valence-corrected chi connectivity index (χ1v) is 8.14. The van der Waals surface area contributed by atoms with Crippen molar-refractivity contribution in [3.63, 3.8) is 0 Å². The molecule has 25 heavy (non-hydrogen) atoms. The number of carbonyl (C=O) groups excluding carboxylic acids is 1. The smallest absolute Gasteiger partial charge is 0.269 e. The lowest BCUT2D eigenvalue weighted by atomic mass is 10.2. The van der Waals surface area contributed by atoms with Crippen molar-refractivity contribution in [3.8, 4) is 10.6 Å². The highest BCUT2D eigenvalue weighted by molar-refractivity contribution is 7.13. The van der Waals surface area contributed by atoms with Crippen LogP contribution >= 0.6 is 11.3 Å². The maximum Gasteiger partial charge on any atom is 0.269 e. The zero-order chi connectivity index (χ0) is 17.8. The van der Waals surface area contributed by atoms with Gasteiger partial charge in [-0.2, -0.15) is 0 Å². The molecule has 8 heteroatoms. The number of anilines is 1. The van der Waals surface area contributed by atoms with Crippen molar-refractivity contribution < 1.29 is 14.1 Å². The molecule has 126 valence electrons. The average Bonchev–Trinajstić information content (AvgIpc) is 3.04. The predicted molar refractivity (Wildman–Crippen MR) is 92.9 cm³/mol. The third-order valence-corrected chi connectivity index (χ3v) is 4.29. The van der Waals surface area contributed by atoms with Gasteiger partial charge in [-0.3, -0.25) is 14.9 Å². The lowest BCUT2D eigenvalue weighted by molar-refractivity contribution is -0.384. The minimum Gasteiger partial charge on any atom is -0.326 e. The van der Waals surface area contributed by atoms with E-state index in [4.69, 9.17) is 0 Å². The van der Waals surface area contributed by atoms with Crippen LogP contribution in [0.15, 0.2) is 53.9 Å². The van der Waals surface area contributed by atoms with Crippen LogP contribution in [0.25, 0.3) is 10.6 Å². The Labute approximate surface area is 146 Å². The predicted octanol–water partition coefficient (Wildman–Crippen LogP) is 4.04. The van der Waals surface area contributed by atoms with Crippen LogP contribution in [-0.4, -0.2) is 15.8 Å². The van der Waals surface area contributed by atoms with E-state index >= 15 is 0 Å². The van der Waals surface area contributed by atoms with Crippen LogP contribution in [0.3, 0.4) is 0 Å². The van der Waals surface area contributed by atoms with Crippen LogP contribution < -0.4 is 5.32 Å². The van der Waals surface area contributed by atoms with Crippen LogP contribution in [0.5, 0.6) is 0 Å². The Morgan fingerprint density at radius 2 is 1.84 bits per heavy atom. The van der Waals surface area contributed by atoms with Gasteiger partial charge in [-0.25, -0.2) is 9.37 Å². The molecule has 0 radical (unpaired) electrons. The second-order valence-corrected chi connectivity index (χ2v) is 6.04. The van der Waals surface area contributed by atoms with E-state index < -0.39 is 4.92 Å². The Morgan fingerprint density at radius 3 is 2.48 bits per heavy atom. The molecule has 0 aliphatic rings. The molecule has 0 atom stereocenters. The number of amides is 1. The number of halogens is 1. The fourth-order valence-corrected chi connectivity index (χ4v) is 2.98. The van der Waals surface area contributed by atoms with E-state index in [1.807, 2.05) is 0 Å². The largest absolute Gasteiger partial charge is 0.326 e. The summed E-state index contributed by atoms with van der Waals surface area (Å²) in [6, 6.07) is 11.6. The first kappa shape index (κ1) is 16.7. The number of thiazole rings is 1. The maximum atomic E-state index is 12.9. The van der Waals surface area contributed by atoms with Crippen molar-refractivity contribution in [2.45, 2.75) is 6.42 Å². The Bertz CT molecular complexity index is 908. The highest BCUT2D eigenvalue weighted by atomic mass is 32.1. The van der Waals surface area contributed by atoms with E-state index in [2.05, 4.69) is 10.3 Å². The Hall–Kier alpha value is -3.13. The molecule has 0 bridgehead atoms. The highest BCUT2D eigenvalue weighted by Gasteiger charge is 2.10. The summed E-state index contributed by atoms with van der Waals surface area (Å²) in [7, 11) is 0. The second-order valence-electron chi connectivity index (χ2n) is 5.18. The summed E-state index contributed by atoms with van der Waals surface area (Å²) in [5.74, 6) is -0.590. The van der Waals surface area contributed by atoms with E-state index in [1.54, 1.807) is 17.5 Å². The summed E-state index contributed by atoms with van der Waals surface area (Å²) in [6.45, 7) is 0. The minimum atomic E-state index is -0.502. The summed E-state index contributed by atoms with van der Waals surface area (Å²) in [4.78, 5) is 26.5. The van der Waals surface area contributed by atoms with E-state index in [0.29, 0.717) is 16.4 Å². The summed E-state index contributed by atoms with van der Waals surface area (Å²) in [5, 5.41) is 15.7. The zero-order valence-corrected chi connectivity index (χ0v) is 13.6. The van der Waals surface area contributed by atoms with Crippen molar-refractivity contribution in [3.05, 3.63) is 75.5 Å². The lowest BCUT2D eigenvalue weighted by Gasteiger charge is -2.03. The van der Waals surface area contributed by atoms with Gasteiger partial charge in [-0.1, -0.05) is 0 Å². The minimum absolute atomic E-state index is 0.0403. The highest BCUT2D eigenvalue weighted by Crippen LogP contribution is 2.24. The zero-order valence-electron chi connectivity index (χ0n) is 12.8. The fourth-order valence-electron chi connectivity index (χ4n) is 2.15. The van der Waals surface area contributed by atoms with E-state index in [1.165, 1.54) is 47.7 Å². The number of carbonyl (C=O) groups is 1. The van der Waals surface area contributed by atoms with Crippen molar-refractivity contribution in [2.24, 2.45) is 0 Å². The summed E-state index contributed by atoms with van der Waals surface area (Å²) < 4.78 is 12.9. The number of benzene rings is 2. The third kappa shape index (κ3) is 4.24. The van der Waals surface area contributed by atoms with E-state index in [-0.39, 0.29) is 23.8 Å². The van der Waals surface area contributed by atoms with Crippen LogP contribution in [0.4, 0.5) is 15.8 Å². The average molecular weight is 357 g/mol. The van der Waals surface area contributed by atoms with Gasteiger partial charge < -0.3 is 5.32 Å². The summed E-state index contributed by atoms with van der Waals surface area (Å²) in [6.07, 6.45) is 0.0781. The van der Waals surface area contributed by atoms with Crippen LogP contribution in [0, 0.1) is 15.9 Å². The SMILES string of the molecule is O=C(Cc1csc(-c2ccc(F)cc2)n1)Nc1ccc([N+](=O)[O-])cc1. The lowest BCUT2D eigenvalue weighted by Crippen LogP contribution is -2.14. The van der Waals surface area contributed by atoms with Gasteiger partial charge in [-0.15, -0.1) is 11.3 Å². The van der Waals surface area contributed by atoms with Crippen molar-refractivity contribution >= 4 is 28.6 Å². The number of rotatable bonds is 5. The number of nitro groups is 1. The van der Waals surface area contributed by atoms with E-state index in [0.717, 1.165) is 5.56 Å². The standard InChI is InChI=1S/C17H12FN3O3S/c18-12-3-1-11(2-4-12)17-20-14(10-25-17)9-16(22)19-13-5-7-15(8-6-13)21(23)24/h1-8,10H,9H2,(H,19,22). The molecule has 2 aromatic carbocycles. The molecule has 3 rings (SSSR count). The number of nitrogens with zero attached hydrogens (tertiary/aromatic N) is 2. The molecule has 0 fully saturated rings. The van der Waals surface area contributed by atoms with Crippen LogP contribution in [0.1, 0.15) is 5.69 Å². The molecule has 0 saturated heterocycles. The number of hydrogen-bond donors (Lipinski definition) is 1. The number of non-ortho nitro benzene ring substituents is 1. The van der Waals surface area contributed by atoms with Crippen molar-refractivity contribution in [1.82, 2.24) is 4.98 Å². The number of hydrogen-bond acceptors (Lipinski definition) is 5. The number of nitro benzene ring substituents is 1. The third-order valence-electron chi connectivity index (χ3n) is 3.35. The van der Waals surface area contributed by atoms with E-state index in [9.17, 15) is 19.3 Å². The van der Waals surface area contributed by atoms with Gasteiger partial charge in [0.2, 0.25) is 5.91 Å². The van der Waals surface area contributed by atoms with Gasteiger partial charge in [0.25, 0.3) is 5.69 Å². The molecule has 0 aliphatic carbocycles. The van der Waals surface area contributed by atoms with Crippen LogP contribution in [0.2, 0.25) is 0 Å². The molecule has 1 heterocycles. The van der Waals surface area contributed by atoms with Gasteiger partial charge in [0.15, 0.2) is 0 Å². The van der Waals surface area contributed by atoms with Crippen molar-refractivity contribution in [1.29, 1.82) is 0 Å². The molecule has 1 amide bonds. The molecule has 0 saturated carbocycles. The van der Waals surface area contributed by atoms with Gasteiger partial charge >= 0.3 is 0 Å². The monoisotopic (exact) mass is 357 g/mol. The second kappa shape index (κ2) is 7.18. The van der Waals surface area contributed by atoms with Gasteiger partial charge in [0.05, 0.1) is 17.0 Å². The van der Waals surface area contributed by atoms with Crippen molar-refractivity contribution in [2.75, 3.05) is 5.32 Å². The molecule has 0 aliphatic heterocycles. The first-order chi connectivity index (χ1) is 12.0. The van der Waals surface area contributed by atoms with Gasteiger partial charge in [0.1, 0.15) is 10.8 Å². The Balaban J connectivity index is 1.63. The molecular weight excluding hydrogens is 345 g/mol. The molecular formula is C17H12FN3O3S. The first-order valence-electron chi connectivity index (χ1n) is 7.26.